The minimum Gasteiger partial charge on any atom is -0.494 e. The zero-order valence-electron chi connectivity index (χ0n) is 12.1. The number of aromatic carboxylic acids is 1. The number of aromatic nitrogens is 1. The lowest BCUT2D eigenvalue weighted by molar-refractivity contribution is 0.0696. The van der Waals surface area contributed by atoms with Crippen LogP contribution in [0.15, 0.2) is 12.1 Å². The van der Waals surface area contributed by atoms with Gasteiger partial charge in [-0.15, -0.1) is 0 Å². The van der Waals surface area contributed by atoms with Crippen LogP contribution in [0.25, 0.3) is 10.2 Å². The predicted octanol–water partition coefficient (Wildman–Crippen LogP) is 0.774. The number of carboxylic acids is 1. The summed E-state index contributed by atoms with van der Waals surface area (Å²) in [6, 6.07) is 3.06. The Morgan fingerprint density at radius 3 is 3.09 bits per heavy atom. The number of aliphatic hydroxyl groups excluding tert-OH is 1. The number of rotatable bonds is 4. The van der Waals surface area contributed by atoms with Crippen LogP contribution in [-0.2, 0) is 0 Å². The summed E-state index contributed by atoms with van der Waals surface area (Å²) >= 11 is 1.42. The average molecular weight is 323 g/mol. The number of thiazole rings is 1. The average Bonchev–Trinajstić information content (AvgIpc) is 2.97. The predicted molar refractivity (Wildman–Crippen MR) is 84.2 cm³/mol. The first-order chi connectivity index (χ1) is 10.6. The number of carboxylic acid groups (broad SMARTS) is 1. The van der Waals surface area contributed by atoms with Gasteiger partial charge < -0.3 is 25.2 Å². The maximum Gasteiger partial charge on any atom is 0.335 e. The third-order valence-corrected chi connectivity index (χ3v) is 4.76. The fraction of sp³-hybridized carbons (Fsp3) is 0.429. The summed E-state index contributed by atoms with van der Waals surface area (Å²) in [5.41, 5.74) is 0.835. The molecule has 0 bridgehead atoms. The Bertz CT molecular complexity index is 703. The fourth-order valence-corrected chi connectivity index (χ4v) is 3.68. The second-order valence-corrected chi connectivity index (χ2v) is 6.07. The van der Waals surface area contributed by atoms with Crippen molar-refractivity contribution in [3.05, 3.63) is 17.7 Å². The molecule has 22 heavy (non-hydrogen) atoms. The maximum absolute atomic E-state index is 11.2. The molecule has 1 fully saturated rings. The van der Waals surface area contributed by atoms with Gasteiger partial charge in [0.05, 0.1) is 30.0 Å². The van der Waals surface area contributed by atoms with Crippen molar-refractivity contribution in [2.24, 2.45) is 0 Å². The zero-order chi connectivity index (χ0) is 15.7. The van der Waals surface area contributed by atoms with E-state index in [2.05, 4.69) is 15.2 Å². The molecule has 0 saturated carbocycles. The van der Waals surface area contributed by atoms with Crippen LogP contribution in [0.2, 0.25) is 0 Å². The molecule has 1 atom stereocenters. The number of aliphatic hydroxyl groups is 1. The highest BCUT2D eigenvalue weighted by Gasteiger charge is 2.25. The summed E-state index contributed by atoms with van der Waals surface area (Å²) in [6.45, 7) is 2.31. The molecule has 1 saturated heterocycles. The Kier molecular flexibility index (Phi) is 4.14. The molecule has 8 heteroatoms. The molecule has 3 rings (SSSR count). The van der Waals surface area contributed by atoms with Gasteiger partial charge in [0.2, 0.25) is 0 Å². The van der Waals surface area contributed by atoms with Crippen molar-refractivity contribution in [2.45, 2.75) is 6.04 Å². The zero-order valence-corrected chi connectivity index (χ0v) is 12.9. The number of hydrogen-bond donors (Lipinski definition) is 3. The Hall–Kier alpha value is -1.90. The summed E-state index contributed by atoms with van der Waals surface area (Å²) in [7, 11) is 1.50. The lowest BCUT2D eigenvalue weighted by Crippen LogP contribution is -2.53. The highest BCUT2D eigenvalue weighted by molar-refractivity contribution is 7.22. The van der Waals surface area contributed by atoms with Gasteiger partial charge in [0.25, 0.3) is 0 Å². The summed E-state index contributed by atoms with van der Waals surface area (Å²) in [5.74, 6) is -0.543. The molecule has 0 amide bonds. The van der Waals surface area contributed by atoms with Crippen molar-refractivity contribution in [3.63, 3.8) is 0 Å². The highest BCUT2D eigenvalue weighted by atomic mass is 32.1. The number of hydrogen-bond acceptors (Lipinski definition) is 7. The van der Waals surface area contributed by atoms with Crippen LogP contribution in [0.5, 0.6) is 5.75 Å². The summed E-state index contributed by atoms with van der Waals surface area (Å²) in [6.07, 6.45) is 0. The molecular formula is C14H17N3O4S. The molecule has 1 aromatic carbocycles. The van der Waals surface area contributed by atoms with Gasteiger partial charge in [-0.2, -0.15) is 0 Å². The van der Waals surface area contributed by atoms with Gasteiger partial charge >= 0.3 is 5.97 Å². The molecule has 7 nitrogen and oxygen atoms in total. The number of anilines is 1. The van der Waals surface area contributed by atoms with Crippen molar-refractivity contribution in [3.8, 4) is 5.75 Å². The van der Waals surface area contributed by atoms with Gasteiger partial charge in [-0.1, -0.05) is 11.3 Å². The lowest BCUT2D eigenvalue weighted by atomic mass is 10.2. The number of ether oxygens (including phenoxy) is 1. The van der Waals surface area contributed by atoms with Crippen LogP contribution in [-0.4, -0.2) is 60.6 Å². The molecule has 3 N–H and O–H groups in total. The molecule has 1 unspecified atom stereocenters. The van der Waals surface area contributed by atoms with Crippen molar-refractivity contribution in [2.75, 3.05) is 38.3 Å². The Balaban J connectivity index is 2.06. The summed E-state index contributed by atoms with van der Waals surface area (Å²) < 4.78 is 6.04. The molecule has 0 spiro atoms. The number of nitrogens with zero attached hydrogens (tertiary/aromatic N) is 2. The number of nitrogens with one attached hydrogen (secondary N) is 1. The van der Waals surface area contributed by atoms with E-state index in [-0.39, 0.29) is 18.2 Å². The Labute approximate surface area is 131 Å². The Morgan fingerprint density at radius 1 is 1.59 bits per heavy atom. The van der Waals surface area contributed by atoms with Crippen LogP contribution < -0.4 is 15.0 Å². The van der Waals surface area contributed by atoms with E-state index < -0.39 is 5.97 Å². The van der Waals surface area contributed by atoms with Crippen molar-refractivity contribution in [1.82, 2.24) is 10.3 Å². The van der Waals surface area contributed by atoms with Gasteiger partial charge in [-0.05, 0) is 12.1 Å². The number of methoxy groups -OCH3 is 1. The quantitative estimate of drug-likeness (QED) is 0.765. The molecule has 1 aliphatic heterocycles. The van der Waals surface area contributed by atoms with E-state index in [9.17, 15) is 15.0 Å². The van der Waals surface area contributed by atoms with Crippen LogP contribution in [0.1, 0.15) is 10.4 Å². The normalized spacial score (nSPS) is 18.6. The van der Waals surface area contributed by atoms with Crippen LogP contribution in [0.3, 0.4) is 0 Å². The standard InChI is InChI=1S/C14H17N3O4S/c1-21-10-4-8(13(19)20)5-11-12(10)16-14(22-11)17-3-2-15-6-9(17)7-18/h4-5,9,15,18H,2-3,6-7H2,1H3,(H,19,20). The van der Waals surface area contributed by atoms with Crippen LogP contribution >= 0.6 is 11.3 Å². The molecule has 2 aromatic rings. The first-order valence-electron chi connectivity index (χ1n) is 6.94. The first-order valence-corrected chi connectivity index (χ1v) is 7.75. The molecular weight excluding hydrogens is 306 g/mol. The van der Waals surface area contributed by atoms with Crippen molar-refractivity contribution >= 4 is 32.7 Å². The van der Waals surface area contributed by atoms with E-state index >= 15 is 0 Å². The van der Waals surface area contributed by atoms with Gasteiger partial charge in [-0.25, -0.2) is 9.78 Å². The van der Waals surface area contributed by atoms with Gasteiger partial charge in [0.1, 0.15) is 11.3 Å². The molecule has 1 aromatic heterocycles. The number of fused-ring (bicyclic) bond motifs is 1. The first kappa shape index (κ1) is 15.0. The van der Waals surface area contributed by atoms with Gasteiger partial charge in [-0.3, -0.25) is 0 Å². The van der Waals surface area contributed by atoms with E-state index in [0.29, 0.717) is 17.8 Å². The molecule has 118 valence electrons. The number of piperazine rings is 1. The van der Waals surface area contributed by atoms with E-state index in [1.165, 1.54) is 24.5 Å². The lowest BCUT2D eigenvalue weighted by Gasteiger charge is -2.34. The SMILES string of the molecule is COc1cc(C(=O)O)cc2sc(N3CCNCC3CO)nc12. The second kappa shape index (κ2) is 6.07. The minimum atomic E-state index is -0.995. The van der Waals surface area contributed by atoms with Crippen LogP contribution in [0, 0.1) is 0 Å². The topological polar surface area (TPSA) is 94.9 Å². The number of carbonyl (C=O) groups is 1. The van der Waals surface area contributed by atoms with Gasteiger partial charge in [0.15, 0.2) is 5.13 Å². The smallest absolute Gasteiger partial charge is 0.335 e. The van der Waals surface area contributed by atoms with Crippen molar-refractivity contribution < 1.29 is 19.7 Å². The maximum atomic E-state index is 11.2. The highest BCUT2D eigenvalue weighted by Crippen LogP contribution is 2.36. The third kappa shape index (κ3) is 2.60. The molecule has 1 aliphatic rings. The molecule has 0 aliphatic carbocycles. The summed E-state index contributed by atoms with van der Waals surface area (Å²) in [5, 5.41) is 22.7. The largest absolute Gasteiger partial charge is 0.494 e. The molecule has 2 heterocycles. The number of benzene rings is 1. The monoisotopic (exact) mass is 323 g/mol. The van der Waals surface area contributed by atoms with Gasteiger partial charge in [0, 0.05) is 19.6 Å². The van der Waals surface area contributed by atoms with E-state index in [4.69, 9.17) is 4.74 Å². The third-order valence-electron chi connectivity index (χ3n) is 3.72. The minimum absolute atomic E-state index is 0.0285. The van der Waals surface area contributed by atoms with E-state index in [1.807, 2.05) is 0 Å². The fourth-order valence-electron chi connectivity index (χ4n) is 2.56. The second-order valence-electron chi connectivity index (χ2n) is 5.06. The van der Waals surface area contributed by atoms with Crippen molar-refractivity contribution in [1.29, 1.82) is 0 Å². The summed E-state index contributed by atoms with van der Waals surface area (Å²) in [4.78, 5) is 17.8. The molecule has 0 radical (unpaired) electrons. The van der Waals surface area contributed by atoms with E-state index in [0.717, 1.165) is 22.9 Å². The van der Waals surface area contributed by atoms with Crippen LogP contribution in [0.4, 0.5) is 5.13 Å². The Morgan fingerprint density at radius 2 is 2.41 bits per heavy atom. The van der Waals surface area contributed by atoms with E-state index in [1.54, 1.807) is 6.07 Å².